The highest BCUT2D eigenvalue weighted by Gasteiger charge is 2.26. The molecule has 0 amide bonds. The van der Waals surface area contributed by atoms with Gasteiger partial charge in [0.25, 0.3) is 0 Å². The summed E-state index contributed by atoms with van der Waals surface area (Å²) in [6.45, 7) is 10.1. The Morgan fingerprint density at radius 2 is 2.09 bits per heavy atom. The number of aliphatic hydroxyl groups is 1. The van der Waals surface area contributed by atoms with Crippen molar-refractivity contribution in [3.8, 4) is 0 Å². The average Bonchev–Trinajstić information content (AvgIpc) is 2.97. The van der Waals surface area contributed by atoms with Gasteiger partial charge in [0, 0.05) is 45.4 Å². The molecule has 23 heavy (non-hydrogen) atoms. The molecule has 1 fully saturated rings. The molecule has 0 radical (unpaired) electrons. The van der Waals surface area contributed by atoms with Crippen molar-refractivity contribution in [2.24, 2.45) is 5.92 Å². The first-order valence-corrected chi connectivity index (χ1v) is 9.17. The molecule has 0 spiro atoms. The van der Waals surface area contributed by atoms with Crippen molar-refractivity contribution in [2.45, 2.75) is 32.9 Å². The Morgan fingerprint density at radius 3 is 2.87 bits per heavy atom. The molecule has 1 saturated heterocycles. The number of rotatable bonds is 6. The first-order valence-electron chi connectivity index (χ1n) is 8.44. The fourth-order valence-corrected chi connectivity index (χ4v) is 3.93. The molecule has 0 aliphatic carbocycles. The Kier molecular flexibility index (Phi) is 5.58. The molecule has 1 atom stereocenters. The van der Waals surface area contributed by atoms with E-state index in [1.807, 2.05) is 0 Å². The van der Waals surface area contributed by atoms with Gasteiger partial charge in [-0.3, -0.25) is 9.80 Å². The zero-order chi connectivity index (χ0) is 16.2. The second-order valence-corrected chi connectivity index (χ2v) is 7.41. The number of aromatic nitrogens is 2. The average molecular weight is 334 g/mol. The van der Waals surface area contributed by atoms with Crippen LogP contribution in [0.25, 0.3) is 11.0 Å². The van der Waals surface area contributed by atoms with Crippen molar-refractivity contribution in [2.75, 3.05) is 32.8 Å². The summed E-state index contributed by atoms with van der Waals surface area (Å²) in [5.41, 5.74) is 3.28. The minimum Gasteiger partial charge on any atom is -0.396 e. The number of hydrogen-bond donors (Lipinski definition) is 1. The second kappa shape index (κ2) is 7.66. The van der Waals surface area contributed by atoms with Crippen LogP contribution in [-0.2, 0) is 6.54 Å². The third-order valence-corrected chi connectivity index (χ3v) is 5.03. The maximum atomic E-state index is 9.38. The molecule has 0 saturated carbocycles. The molecule has 2 aromatic rings. The lowest BCUT2D eigenvalue weighted by Gasteiger charge is -2.42. The van der Waals surface area contributed by atoms with Gasteiger partial charge in [-0.2, -0.15) is 8.75 Å². The highest BCUT2D eigenvalue weighted by atomic mass is 32.1. The summed E-state index contributed by atoms with van der Waals surface area (Å²) >= 11 is 1.27. The maximum absolute atomic E-state index is 9.38. The molecule has 2 heterocycles. The number of aliphatic hydroxyl groups excluding tert-OH is 1. The number of benzene rings is 1. The lowest BCUT2D eigenvalue weighted by molar-refractivity contribution is 0.0477. The Hall–Kier alpha value is -1.08. The molecule has 0 bridgehead atoms. The molecule has 126 valence electrons. The minimum atomic E-state index is 0.267. The van der Waals surface area contributed by atoms with Gasteiger partial charge >= 0.3 is 0 Å². The third kappa shape index (κ3) is 4.26. The summed E-state index contributed by atoms with van der Waals surface area (Å²) in [6.07, 6.45) is 0.859. The zero-order valence-electron chi connectivity index (χ0n) is 14.0. The van der Waals surface area contributed by atoms with Crippen LogP contribution in [-0.4, -0.2) is 62.5 Å². The van der Waals surface area contributed by atoms with Crippen molar-refractivity contribution in [3.63, 3.8) is 0 Å². The molecule has 3 rings (SSSR count). The maximum Gasteiger partial charge on any atom is 0.105 e. The van der Waals surface area contributed by atoms with Gasteiger partial charge in [0.2, 0.25) is 0 Å². The van der Waals surface area contributed by atoms with E-state index < -0.39 is 0 Å². The SMILES string of the molecule is CC(C)CN1CCN(Cc2ccc3nsnc3c2)C[C@H]1CCO. The summed E-state index contributed by atoms with van der Waals surface area (Å²) in [6, 6.07) is 6.83. The number of hydrogen-bond acceptors (Lipinski definition) is 6. The van der Waals surface area contributed by atoms with Crippen molar-refractivity contribution in [1.29, 1.82) is 0 Å². The molecule has 1 N–H and O–H groups in total. The van der Waals surface area contributed by atoms with Crippen molar-refractivity contribution in [1.82, 2.24) is 18.5 Å². The van der Waals surface area contributed by atoms with Crippen LogP contribution in [0.3, 0.4) is 0 Å². The van der Waals surface area contributed by atoms with Crippen LogP contribution in [0.2, 0.25) is 0 Å². The lowest BCUT2D eigenvalue weighted by Crippen LogP contribution is -2.53. The van der Waals surface area contributed by atoms with Crippen LogP contribution in [0.1, 0.15) is 25.8 Å². The van der Waals surface area contributed by atoms with Gasteiger partial charge in [0.05, 0.1) is 11.7 Å². The smallest absolute Gasteiger partial charge is 0.105 e. The van der Waals surface area contributed by atoms with E-state index in [0.717, 1.165) is 50.2 Å². The Morgan fingerprint density at radius 1 is 1.26 bits per heavy atom. The lowest BCUT2D eigenvalue weighted by atomic mass is 10.1. The van der Waals surface area contributed by atoms with Gasteiger partial charge in [0.15, 0.2) is 0 Å². The van der Waals surface area contributed by atoms with E-state index >= 15 is 0 Å². The van der Waals surface area contributed by atoms with Crippen LogP contribution in [0.15, 0.2) is 18.2 Å². The quantitative estimate of drug-likeness (QED) is 0.878. The summed E-state index contributed by atoms with van der Waals surface area (Å²) in [7, 11) is 0. The normalized spacial score (nSPS) is 20.6. The van der Waals surface area contributed by atoms with E-state index in [2.05, 4.69) is 50.6 Å². The van der Waals surface area contributed by atoms with Gasteiger partial charge in [-0.25, -0.2) is 0 Å². The predicted molar refractivity (Wildman–Crippen MR) is 94.6 cm³/mol. The summed E-state index contributed by atoms with van der Waals surface area (Å²) in [5.74, 6) is 0.669. The van der Waals surface area contributed by atoms with E-state index in [9.17, 15) is 5.11 Å². The van der Waals surface area contributed by atoms with Crippen molar-refractivity contribution >= 4 is 22.8 Å². The Bertz CT molecular complexity index is 630. The Labute approximate surface area is 142 Å². The zero-order valence-corrected chi connectivity index (χ0v) is 14.8. The summed E-state index contributed by atoms with van der Waals surface area (Å²) in [5, 5.41) is 9.38. The fourth-order valence-electron chi connectivity index (χ4n) is 3.42. The largest absolute Gasteiger partial charge is 0.396 e. The van der Waals surface area contributed by atoms with Crippen LogP contribution in [0, 0.1) is 5.92 Å². The highest BCUT2D eigenvalue weighted by Crippen LogP contribution is 2.19. The van der Waals surface area contributed by atoms with Crippen molar-refractivity contribution < 1.29 is 5.11 Å². The third-order valence-electron chi connectivity index (χ3n) is 4.48. The first-order chi connectivity index (χ1) is 11.2. The predicted octanol–water partition coefficient (Wildman–Crippen LogP) is 2.22. The number of fused-ring (bicyclic) bond motifs is 1. The van der Waals surface area contributed by atoms with Gasteiger partial charge in [0.1, 0.15) is 11.0 Å². The van der Waals surface area contributed by atoms with Gasteiger partial charge in [-0.15, -0.1) is 0 Å². The molecule has 1 aromatic heterocycles. The molecule has 1 aromatic carbocycles. The molecule has 5 nitrogen and oxygen atoms in total. The topological polar surface area (TPSA) is 52.5 Å². The van der Waals surface area contributed by atoms with Crippen LogP contribution in [0.5, 0.6) is 0 Å². The van der Waals surface area contributed by atoms with Crippen LogP contribution in [0.4, 0.5) is 0 Å². The minimum absolute atomic E-state index is 0.267. The molecule has 1 aliphatic heterocycles. The molecule has 6 heteroatoms. The van der Waals surface area contributed by atoms with E-state index in [4.69, 9.17) is 0 Å². The van der Waals surface area contributed by atoms with E-state index in [1.165, 1.54) is 17.3 Å². The van der Waals surface area contributed by atoms with Gasteiger partial charge < -0.3 is 5.11 Å². The van der Waals surface area contributed by atoms with Crippen molar-refractivity contribution in [3.05, 3.63) is 23.8 Å². The molecular formula is C17H26N4OS. The van der Waals surface area contributed by atoms with Crippen LogP contribution >= 0.6 is 11.7 Å². The monoisotopic (exact) mass is 334 g/mol. The molecule has 1 aliphatic rings. The Balaban J connectivity index is 1.64. The molecule has 0 unspecified atom stereocenters. The number of piperazine rings is 1. The highest BCUT2D eigenvalue weighted by molar-refractivity contribution is 7.00. The molecular weight excluding hydrogens is 308 g/mol. The number of nitrogens with zero attached hydrogens (tertiary/aromatic N) is 4. The van der Waals surface area contributed by atoms with Crippen LogP contribution < -0.4 is 0 Å². The van der Waals surface area contributed by atoms with E-state index in [1.54, 1.807) is 0 Å². The summed E-state index contributed by atoms with van der Waals surface area (Å²) in [4.78, 5) is 5.04. The summed E-state index contributed by atoms with van der Waals surface area (Å²) < 4.78 is 8.60. The standard InChI is InChI=1S/C17H26N4OS/c1-13(2)10-21-7-6-20(12-15(21)5-8-22)11-14-3-4-16-17(9-14)19-23-18-16/h3-4,9,13,15,22H,5-8,10-12H2,1-2H3/t15-/m1/s1. The second-order valence-electron chi connectivity index (χ2n) is 6.88. The first kappa shape index (κ1) is 16.8. The van der Waals surface area contributed by atoms with E-state index in [0.29, 0.717) is 12.0 Å². The fraction of sp³-hybridized carbons (Fsp3) is 0.647. The van der Waals surface area contributed by atoms with Gasteiger partial charge in [-0.05, 0) is 30.0 Å². The van der Waals surface area contributed by atoms with Gasteiger partial charge in [-0.1, -0.05) is 19.9 Å². The van der Waals surface area contributed by atoms with E-state index in [-0.39, 0.29) is 6.61 Å².